The molecule has 2 aromatic carbocycles. The van der Waals surface area contributed by atoms with Crippen LogP contribution in [0.2, 0.25) is 0 Å². The van der Waals surface area contributed by atoms with Gasteiger partial charge in [0.05, 0.1) is 24.2 Å². The smallest absolute Gasteiger partial charge is 0.275 e. The molecular formula is C24H28N4O4. The highest BCUT2D eigenvalue weighted by atomic mass is 16.5. The number of carbonyl (C=O) groups is 2. The number of para-hydroxylation sites is 2. The standard InChI is InChI=1S/C24H28N4O4/c1-5-14-27(15-21(29)25-19-12-8-9-13-20(19)32-4)24(31)22-17-10-6-7-11-18(17)23(30)28(26-22)16(2)3/h6-13,16H,5,14-15H2,1-4H3,(H,25,29). The van der Waals surface area contributed by atoms with Crippen LogP contribution in [-0.2, 0) is 4.79 Å². The lowest BCUT2D eigenvalue weighted by Crippen LogP contribution is -2.40. The van der Waals surface area contributed by atoms with Gasteiger partial charge in [-0.1, -0.05) is 37.3 Å². The number of benzene rings is 2. The average molecular weight is 437 g/mol. The number of methoxy groups -OCH3 is 1. The van der Waals surface area contributed by atoms with E-state index in [1.807, 2.05) is 26.8 Å². The first-order valence-corrected chi connectivity index (χ1v) is 10.6. The van der Waals surface area contributed by atoms with Crippen LogP contribution in [0, 0.1) is 0 Å². The quantitative estimate of drug-likeness (QED) is 0.584. The van der Waals surface area contributed by atoms with Crippen LogP contribution in [0.3, 0.4) is 0 Å². The van der Waals surface area contributed by atoms with Gasteiger partial charge in [0.2, 0.25) is 5.91 Å². The number of rotatable bonds is 8. The van der Waals surface area contributed by atoms with Crippen molar-refractivity contribution >= 4 is 28.3 Å². The summed E-state index contributed by atoms with van der Waals surface area (Å²) in [7, 11) is 1.53. The topological polar surface area (TPSA) is 93.5 Å². The van der Waals surface area contributed by atoms with E-state index in [2.05, 4.69) is 10.4 Å². The second kappa shape index (κ2) is 10.1. The summed E-state index contributed by atoms with van der Waals surface area (Å²) in [5.41, 5.74) is 0.441. The molecule has 8 heteroatoms. The molecule has 1 heterocycles. The summed E-state index contributed by atoms with van der Waals surface area (Å²) >= 11 is 0. The number of hydrogen-bond donors (Lipinski definition) is 1. The maximum absolute atomic E-state index is 13.5. The van der Waals surface area contributed by atoms with Crippen LogP contribution in [0.4, 0.5) is 5.69 Å². The Morgan fingerprint density at radius 3 is 2.41 bits per heavy atom. The summed E-state index contributed by atoms with van der Waals surface area (Å²) < 4.78 is 6.59. The van der Waals surface area contributed by atoms with Crippen molar-refractivity contribution in [3.8, 4) is 5.75 Å². The van der Waals surface area contributed by atoms with Gasteiger partial charge in [-0.25, -0.2) is 4.68 Å². The summed E-state index contributed by atoms with van der Waals surface area (Å²) in [6, 6.07) is 13.8. The minimum absolute atomic E-state index is 0.151. The number of anilines is 1. The fourth-order valence-corrected chi connectivity index (χ4v) is 3.50. The molecule has 2 amide bonds. The molecule has 0 aliphatic carbocycles. The Labute approximate surface area is 186 Å². The van der Waals surface area contributed by atoms with Crippen LogP contribution < -0.4 is 15.6 Å². The van der Waals surface area contributed by atoms with Gasteiger partial charge < -0.3 is 15.0 Å². The summed E-state index contributed by atoms with van der Waals surface area (Å²) in [6.45, 7) is 5.82. The maximum atomic E-state index is 13.5. The third-order valence-corrected chi connectivity index (χ3v) is 5.02. The first-order valence-electron chi connectivity index (χ1n) is 10.6. The molecule has 32 heavy (non-hydrogen) atoms. The van der Waals surface area contributed by atoms with E-state index in [-0.39, 0.29) is 29.7 Å². The van der Waals surface area contributed by atoms with E-state index < -0.39 is 5.91 Å². The lowest BCUT2D eigenvalue weighted by Gasteiger charge is -2.23. The minimum atomic E-state index is -0.396. The van der Waals surface area contributed by atoms with Crippen molar-refractivity contribution in [1.82, 2.24) is 14.7 Å². The average Bonchev–Trinajstić information content (AvgIpc) is 2.79. The molecule has 0 spiro atoms. The van der Waals surface area contributed by atoms with Crippen molar-refractivity contribution in [3.05, 3.63) is 64.6 Å². The zero-order valence-corrected chi connectivity index (χ0v) is 18.8. The maximum Gasteiger partial charge on any atom is 0.275 e. The lowest BCUT2D eigenvalue weighted by molar-refractivity contribution is -0.116. The summed E-state index contributed by atoms with van der Waals surface area (Å²) in [4.78, 5) is 40.5. The van der Waals surface area contributed by atoms with Crippen molar-refractivity contribution in [3.63, 3.8) is 0 Å². The molecule has 3 rings (SSSR count). The molecule has 0 saturated carbocycles. The summed E-state index contributed by atoms with van der Waals surface area (Å²) in [5, 5.41) is 8.08. The number of nitrogens with one attached hydrogen (secondary N) is 1. The molecule has 0 unspecified atom stereocenters. The van der Waals surface area contributed by atoms with E-state index >= 15 is 0 Å². The molecule has 0 atom stereocenters. The first kappa shape index (κ1) is 23.0. The van der Waals surface area contributed by atoms with E-state index in [0.717, 1.165) is 0 Å². The van der Waals surface area contributed by atoms with Gasteiger partial charge in [0, 0.05) is 11.9 Å². The SMILES string of the molecule is CCCN(CC(=O)Nc1ccccc1OC)C(=O)c1nn(C(C)C)c(=O)c2ccccc12. The third-order valence-electron chi connectivity index (χ3n) is 5.02. The van der Waals surface area contributed by atoms with Crippen LogP contribution in [0.15, 0.2) is 53.3 Å². The van der Waals surface area contributed by atoms with Gasteiger partial charge in [0.25, 0.3) is 11.5 Å². The van der Waals surface area contributed by atoms with E-state index in [0.29, 0.717) is 35.2 Å². The number of amides is 2. The Morgan fingerprint density at radius 2 is 1.75 bits per heavy atom. The highest BCUT2D eigenvalue weighted by Gasteiger charge is 2.24. The fourth-order valence-electron chi connectivity index (χ4n) is 3.50. The normalized spacial score (nSPS) is 10.9. The zero-order chi connectivity index (χ0) is 23.3. The number of nitrogens with zero attached hydrogens (tertiary/aromatic N) is 3. The van der Waals surface area contributed by atoms with Crippen LogP contribution in [-0.4, -0.2) is 46.7 Å². The van der Waals surface area contributed by atoms with Gasteiger partial charge in [-0.05, 0) is 38.5 Å². The Hall–Kier alpha value is -3.68. The van der Waals surface area contributed by atoms with E-state index in [1.54, 1.807) is 42.5 Å². The Morgan fingerprint density at radius 1 is 1.09 bits per heavy atom. The van der Waals surface area contributed by atoms with E-state index in [1.165, 1.54) is 16.7 Å². The van der Waals surface area contributed by atoms with Crippen LogP contribution >= 0.6 is 0 Å². The second-order valence-electron chi connectivity index (χ2n) is 7.71. The molecule has 0 aliphatic heterocycles. The molecule has 0 radical (unpaired) electrons. The monoisotopic (exact) mass is 436 g/mol. The molecule has 0 bridgehead atoms. The minimum Gasteiger partial charge on any atom is -0.495 e. The number of hydrogen-bond acceptors (Lipinski definition) is 5. The van der Waals surface area contributed by atoms with Crippen molar-refractivity contribution < 1.29 is 14.3 Å². The largest absolute Gasteiger partial charge is 0.495 e. The van der Waals surface area contributed by atoms with Gasteiger partial charge in [-0.2, -0.15) is 5.10 Å². The van der Waals surface area contributed by atoms with E-state index in [9.17, 15) is 14.4 Å². The van der Waals surface area contributed by atoms with Gasteiger partial charge >= 0.3 is 0 Å². The molecule has 0 saturated heterocycles. The molecule has 0 fully saturated rings. The molecular weight excluding hydrogens is 408 g/mol. The molecule has 1 N–H and O–H groups in total. The Bertz CT molecular complexity index is 1190. The zero-order valence-electron chi connectivity index (χ0n) is 18.8. The van der Waals surface area contributed by atoms with Crippen LogP contribution in [0.25, 0.3) is 10.8 Å². The molecule has 1 aromatic heterocycles. The molecule has 168 valence electrons. The second-order valence-corrected chi connectivity index (χ2v) is 7.71. The van der Waals surface area contributed by atoms with Gasteiger partial charge in [0.1, 0.15) is 12.3 Å². The predicted octanol–water partition coefficient (Wildman–Crippen LogP) is 3.48. The summed E-state index contributed by atoms with van der Waals surface area (Å²) in [5.74, 6) is -0.212. The van der Waals surface area contributed by atoms with Gasteiger partial charge in [-0.3, -0.25) is 14.4 Å². The van der Waals surface area contributed by atoms with Crippen molar-refractivity contribution in [1.29, 1.82) is 0 Å². The fraction of sp³-hybridized carbons (Fsp3) is 0.333. The Kier molecular flexibility index (Phi) is 7.25. The number of aromatic nitrogens is 2. The molecule has 0 aliphatic rings. The first-order chi connectivity index (χ1) is 15.4. The summed E-state index contributed by atoms with van der Waals surface area (Å²) in [6.07, 6.45) is 0.662. The number of fused-ring (bicyclic) bond motifs is 1. The third kappa shape index (κ3) is 4.80. The highest BCUT2D eigenvalue weighted by Crippen LogP contribution is 2.23. The predicted molar refractivity (Wildman–Crippen MR) is 124 cm³/mol. The van der Waals surface area contributed by atoms with Crippen molar-refractivity contribution in [2.24, 2.45) is 0 Å². The number of ether oxygens (including phenoxy) is 1. The van der Waals surface area contributed by atoms with E-state index in [4.69, 9.17) is 4.74 Å². The Balaban J connectivity index is 1.94. The molecule has 3 aromatic rings. The highest BCUT2D eigenvalue weighted by molar-refractivity contribution is 6.06. The number of carbonyl (C=O) groups excluding carboxylic acids is 2. The molecule has 8 nitrogen and oxygen atoms in total. The van der Waals surface area contributed by atoms with Crippen LogP contribution in [0.1, 0.15) is 43.7 Å². The van der Waals surface area contributed by atoms with Gasteiger partial charge in [-0.15, -0.1) is 0 Å². The lowest BCUT2D eigenvalue weighted by atomic mass is 10.1. The van der Waals surface area contributed by atoms with Crippen LogP contribution in [0.5, 0.6) is 5.75 Å². The van der Waals surface area contributed by atoms with Gasteiger partial charge in [0.15, 0.2) is 5.69 Å². The van der Waals surface area contributed by atoms with Crippen molar-refractivity contribution in [2.75, 3.05) is 25.5 Å². The van der Waals surface area contributed by atoms with Crippen molar-refractivity contribution in [2.45, 2.75) is 33.2 Å².